The van der Waals surface area contributed by atoms with Gasteiger partial charge in [0.05, 0.1) is 32.0 Å². The number of allylic oxidation sites excluding steroid dienone is 13. The lowest BCUT2D eigenvalue weighted by Crippen LogP contribution is -2.65. The van der Waals surface area contributed by atoms with E-state index in [2.05, 4.69) is 92.1 Å². The van der Waals surface area contributed by atoms with Crippen LogP contribution in [-0.4, -0.2) is 140 Å². The van der Waals surface area contributed by atoms with Crippen LogP contribution in [0, 0.1) is 0 Å². The van der Waals surface area contributed by atoms with Gasteiger partial charge in [0, 0.05) is 6.42 Å². The predicted molar refractivity (Wildman–Crippen MR) is 378 cm³/mol. The summed E-state index contributed by atoms with van der Waals surface area (Å²) >= 11 is 0. The standard InChI is InChI=1S/C78H139NO13/c1-3-5-7-9-11-13-15-17-19-21-23-25-26-27-28-29-30-31-32-33-34-35-36-37-38-39-40-42-44-46-48-50-52-54-56-58-60-62-70(83)79-66(67(82)61-59-57-55-53-51-49-47-45-43-41-24-22-20-18-16-14-12-10-8-6-4-2)65-89-77-75(88)73(86)76(69(64-81)91-77)92-78-74(87)72(85)71(84)68(63-80)90-78/h5,7,11,13,17,19,23,25,27-28,30-31,59,61,66-69,71-78,80-82,84-88H,3-4,6,8-10,12,14-16,18,20-22,24,26,29,32-58,60,62-65H2,1-2H3,(H,79,83)/b7-5-,13-11-,19-17-,25-23-,28-27-,31-30-,61-59+. The average Bonchev–Trinajstić information content (AvgIpc) is 0.915. The van der Waals surface area contributed by atoms with E-state index in [1.165, 1.54) is 205 Å². The lowest BCUT2D eigenvalue weighted by atomic mass is 9.97. The van der Waals surface area contributed by atoms with Crippen molar-refractivity contribution < 1.29 is 64.6 Å². The monoisotopic (exact) mass is 1300 g/mol. The van der Waals surface area contributed by atoms with Gasteiger partial charge in [-0.15, -0.1) is 0 Å². The fourth-order valence-electron chi connectivity index (χ4n) is 12.1. The van der Waals surface area contributed by atoms with Crippen LogP contribution in [0.5, 0.6) is 0 Å². The molecule has 2 fully saturated rings. The molecule has 2 saturated heterocycles. The maximum absolute atomic E-state index is 13.4. The highest BCUT2D eigenvalue weighted by molar-refractivity contribution is 5.76. The Bertz CT molecular complexity index is 1870. The molecule has 0 bridgehead atoms. The van der Waals surface area contributed by atoms with Crippen molar-refractivity contribution in [2.24, 2.45) is 0 Å². The van der Waals surface area contributed by atoms with E-state index in [-0.39, 0.29) is 18.9 Å². The summed E-state index contributed by atoms with van der Waals surface area (Å²) in [5, 5.41) is 87.6. The molecule has 0 spiro atoms. The largest absolute Gasteiger partial charge is 0.394 e. The fraction of sp³-hybridized carbons (Fsp3) is 0.808. The zero-order chi connectivity index (χ0) is 66.6. The van der Waals surface area contributed by atoms with Crippen molar-refractivity contribution in [2.75, 3.05) is 19.8 Å². The van der Waals surface area contributed by atoms with Gasteiger partial charge in [-0.1, -0.05) is 317 Å². The second kappa shape index (κ2) is 61.7. The highest BCUT2D eigenvalue weighted by atomic mass is 16.7. The number of carbonyl (C=O) groups excluding carboxylic acids is 1. The lowest BCUT2D eigenvalue weighted by Gasteiger charge is -2.46. The molecule has 0 radical (unpaired) electrons. The first-order chi connectivity index (χ1) is 45.1. The molecule has 2 aliphatic rings. The molecule has 0 saturated carbocycles. The van der Waals surface area contributed by atoms with Crippen LogP contribution in [0.15, 0.2) is 85.1 Å². The molecule has 9 N–H and O–H groups in total. The van der Waals surface area contributed by atoms with Gasteiger partial charge >= 0.3 is 0 Å². The normalized spacial score (nSPS) is 23.2. The molecule has 1 amide bonds. The van der Waals surface area contributed by atoms with Crippen molar-refractivity contribution in [1.29, 1.82) is 0 Å². The van der Waals surface area contributed by atoms with Gasteiger partial charge in [0.15, 0.2) is 12.6 Å². The van der Waals surface area contributed by atoms with Crippen LogP contribution in [0.2, 0.25) is 0 Å². The zero-order valence-electron chi connectivity index (χ0n) is 58.3. The van der Waals surface area contributed by atoms with Gasteiger partial charge in [0.25, 0.3) is 0 Å². The maximum atomic E-state index is 13.4. The molecule has 0 aliphatic carbocycles. The second-order valence-corrected chi connectivity index (χ2v) is 26.4. The smallest absolute Gasteiger partial charge is 0.220 e. The Morgan fingerprint density at radius 2 is 0.750 bits per heavy atom. The third kappa shape index (κ3) is 44.8. The summed E-state index contributed by atoms with van der Waals surface area (Å²) in [7, 11) is 0. The van der Waals surface area contributed by atoms with Gasteiger partial charge in [-0.2, -0.15) is 0 Å². The van der Waals surface area contributed by atoms with E-state index in [9.17, 15) is 45.6 Å². The van der Waals surface area contributed by atoms with Crippen LogP contribution in [0.25, 0.3) is 0 Å². The van der Waals surface area contributed by atoms with Crippen LogP contribution in [0.3, 0.4) is 0 Å². The van der Waals surface area contributed by atoms with Crippen LogP contribution in [0.4, 0.5) is 0 Å². The number of nitrogens with one attached hydrogen (secondary N) is 1. The number of unbranched alkanes of at least 4 members (excludes halogenated alkanes) is 37. The summed E-state index contributed by atoms with van der Waals surface area (Å²) in [6.45, 7) is 2.72. The van der Waals surface area contributed by atoms with E-state index < -0.39 is 86.8 Å². The Hall–Kier alpha value is -2.83. The summed E-state index contributed by atoms with van der Waals surface area (Å²) in [6, 6.07) is -0.918. The van der Waals surface area contributed by atoms with E-state index in [0.717, 1.165) is 77.0 Å². The molecule has 2 rings (SSSR count). The number of amides is 1. The van der Waals surface area contributed by atoms with E-state index in [1.54, 1.807) is 6.08 Å². The first-order valence-electron chi connectivity index (χ1n) is 37.8. The molecule has 534 valence electrons. The predicted octanol–water partition coefficient (Wildman–Crippen LogP) is 16.4. The van der Waals surface area contributed by atoms with Gasteiger partial charge < -0.3 is 65.1 Å². The van der Waals surface area contributed by atoms with Gasteiger partial charge in [0.2, 0.25) is 5.91 Å². The molecule has 0 aromatic rings. The van der Waals surface area contributed by atoms with Crippen LogP contribution < -0.4 is 5.32 Å². The molecule has 0 aromatic heterocycles. The Labute approximate surface area is 561 Å². The SMILES string of the molecule is CC/C=C\C/C=C\C/C=C\C/C=C\C/C=C\C/C=C\CCCCCCCCCCCCCCCCCCCCC(=O)NC(COC1OC(CO)C(OC2OC(CO)C(O)C(O)C2O)C(O)C1O)C(O)/C=C/CCCCCCCCCCCCCCCCCCCCC. The van der Waals surface area contributed by atoms with E-state index in [4.69, 9.17) is 18.9 Å². The summed E-state index contributed by atoms with van der Waals surface area (Å²) in [4.78, 5) is 13.4. The van der Waals surface area contributed by atoms with Crippen LogP contribution >= 0.6 is 0 Å². The lowest BCUT2D eigenvalue weighted by molar-refractivity contribution is -0.359. The molecule has 2 heterocycles. The van der Waals surface area contributed by atoms with Crippen molar-refractivity contribution in [2.45, 2.75) is 383 Å². The average molecular weight is 1300 g/mol. The number of aliphatic hydroxyl groups excluding tert-OH is 8. The highest BCUT2D eigenvalue weighted by Crippen LogP contribution is 2.30. The molecule has 2 aliphatic heterocycles. The summed E-state index contributed by atoms with van der Waals surface area (Å²) in [5.41, 5.74) is 0. The topological polar surface area (TPSA) is 228 Å². The third-order valence-corrected chi connectivity index (χ3v) is 18.1. The van der Waals surface area contributed by atoms with Gasteiger partial charge in [-0.05, 0) is 70.6 Å². The highest BCUT2D eigenvalue weighted by Gasteiger charge is 2.51. The summed E-state index contributed by atoms with van der Waals surface area (Å²) < 4.78 is 22.9. The number of rotatable bonds is 62. The molecule has 92 heavy (non-hydrogen) atoms. The fourth-order valence-corrected chi connectivity index (χ4v) is 12.1. The van der Waals surface area contributed by atoms with Crippen molar-refractivity contribution in [3.05, 3.63) is 85.1 Å². The summed E-state index contributed by atoms with van der Waals surface area (Å²) in [6.07, 6.45) is 69.3. The number of aliphatic hydroxyl groups is 8. The Morgan fingerprint density at radius 1 is 0.402 bits per heavy atom. The van der Waals surface area contributed by atoms with E-state index >= 15 is 0 Å². The Kier molecular flexibility index (Phi) is 57.2. The van der Waals surface area contributed by atoms with Crippen molar-refractivity contribution in [3.8, 4) is 0 Å². The molecule has 14 heteroatoms. The van der Waals surface area contributed by atoms with Crippen molar-refractivity contribution in [3.63, 3.8) is 0 Å². The zero-order valence-corrected chi connectivity index (χ0v) is 58.3. The van der Waals surface area contributed by atoms with Gasteiger partial charge in [-0.25, -0.2) is 0 Å². The number of ether oxygens (including phenoxy) is 4. The second-order valence-electron chi connectivity index (χ2n) is 26.4. The molecule has 14 nitrogen and oxygen atoms in total. The molecular formula is C78H139NO13. The van der Waals surface area contributed by atoms with Crippen molar-refractivity contribution in [1.82, 2.24) is 5.32 Å². The first kappa shape index (κ1) is 85.3. The molecule has 0 aromatic carbocycles. The van der Waals surface area contributed by atoms with Crippen molar-refractivity contribution >= 4 is 5.91 Å². The minimum absolute atomic E-state index is 0.236. The van der Waals surface area contributed by atoms with Crippen LogP contribution in [0.1, 0.15) is 309 Å². The third-order valence-electron chi connectivity index (χ3n) is 18.1. The minimum Gasteiger partial charge on any atom is -0.394 e. The number of hydrogen-bond acceptors (Lipinski definition) is 13. The quantitative estimate of drug-likeness (QED) is 0.0204. The molecule has 12 atom stereocenters. The van der Waals surface area contributed by atoms with E-state index in [0.29, 0.717) is 6.42 Å². The Morgan fingerprint density at radius 3 is 1.15 bits per heavy atom. The van der Waals surface area contributed by atoms with E-state index in [1.807, 2.05) is 6.08 Å². The maximum Gasteiger partial charge on any atom is 0.220 e. The number of hydrogen-bond donors (Lipinski definition) is 9. The minimum atomic E-state index is -1.79. The first-order valence-corrected chi connectivity index (χ1v) is 37.8. The molecular weight excluding hydrogens is 1160 g/mol. The van der Waals surface area contributed by atoms with Gasteiger partial charge in [0.1, 0.15) is 48.8 Å². The van der Waals surface area contributed by atoms with Crippen LogP contribution in [-0.2, 0) is 23.7 Å². The Balaban J connectivity index is 1.61. The summed E-state index contributed by atoms with van der Waals surface area (Å²) in [5.74, 6) is -0.236. The van der Waals surface area contributed by atoms with Gasteiger partial charge in [-0.3, -0.25) is 4.79 Å². The number of carbonyl (C=O) groups is 1. The molecule has 12 unspecified atom stereocenters.